The van der Waals surface area contributed by atoms with Gasteiger partial charge in [-0.15, -0.1) is 23.1 Å². The molecule has 182 valence electrons. The van der Waals surface area contributed by atoms with Gasteiger partial charge >= 0.3 is 5.97 Å². The molecule has 0 aliphatic carbocycles. The number of likely N-dealkylation sites (N-methyl/N-ethyl adjacent to an activating group) is 1. The lowest BCUT2D eigenvalue weighted by Gasteiger charge is -2.49. The zero-order valence-corrected chi connectivity index (χ0v) is 20.5. The Morgan fingerprint density at radius 3 is 2.79 bits per heavy atom. The van der Waals surface area contributed by atoms with Crippen LogP contribution >= 0.6 is 23.1 Å². The molecule has 0 saturated carbocycles. The Morgan fingerprint density at radius 2 is 2.18 bits per heavy atom. The summed E-state index contributed by atoms with van der Waals surface area (Å²) in [7, 11) is 3.49. The molecule has 0 bridgehead atoms. The number of likely N-dealkylation sites (tertiary alicyclic amines) is 1. The third-order valence-corrected chi connectivity index (χ3v) is 8.14. The molecule has 4 N–H and O–H groups in total. The summed E-state index contributed by atoms with van der Waals surface area (Å²) < 4.78 is 0.939. The van der Waals surface area contributed by atoms with Gasteiger partial charge in [0.15, 0.2) is 10.8 Å². The summed E-state index contributed by atoms with van der Waals surface area (Å²) in [5, 5.41) is 17.5. The molecule has 1 aromatic rings. The van der Waals surface area contributed by atoms with E-state index in [1.54, 1.807) is 5.38 Å². The SMILES string of the molecule is CO/N=C(/C(=O)NC1C(=O)N2C(C(=O)O)=C(/C=C/C[N+]3(C)CCCC3)CS[C@H]12)c1csc(N)n1. The van der Waals surface area contributed by atoms with E-state index < -0.39 is 29.2 Å². The van der Waals surface area contributed by atoms with Crippen LogP contribution in [0, 0.1) is 0 Å². The Kier molecular flexibility index (Phi) is 6.96. The number of anilines is 1. The molecular formula is C21H27N6O5S2+. The van der Waals surface area contributed by atoms with Crippen molar-refractivity contribution in [3.05, 3.63) is 34.5 Å². The molecule has 13 heteroatoms. The molecular weight excluding hydrogens is 480 g/mol. The van der Waals surface area contributed by atoms with Crippen LogP contribution in [0.5, 0.6) is 0 Å². The number of β-lactam (4-membered cyclic amide) rings is 1. The molecule has 4 rings (SSSR count). The average molecular weight is 508 g/mol. The summed E-state index contributed by atoms with van der Waals surface area (Å²) in [5.74, 6) is -1.88. The van der Waals surface area contributed by atoms with Gasteiger partial charge in [0.05, 0.1) is 26.7 Å². The first-order valence-electron chi connectivity index (χ1n) is 10.8. The number of nitrogen functional groups attached to an aromatic ring is 1. The van der Waals surface area contributed by atoms with Crippen LogP contribution in [0.25, 0.3) is 0 Å². The number of oxime groups is 1. The predicted molar refractivity (Wildman–Crippen MR) is 129 cm³/mol. The van der Waals surface area contributed by atoms with E-state index in [2.05, 4.69) is 22.5 Å². The first kappa shape index (κ1) is 24.2. The molecule has 3 aliphatic rings. The summed E-state index contributed by atoms with van der Waals surface area (Å²) in [6.45, 7) is 3.04. The van der Waals surface area contributed by atoms with Gasteiger partial charge in [0.2, 0.25) is 0 Å². The minimum Gasteiger partial charge on any atom is -0.477 e. The van der Waals surface area contributed by atoms with Crippen LogP contribution in [0.3, 0.4) is 0 Å². The summed E-state index contributed by atoms with van der Waals surface area (Å²) in [6, 6.07) is -0.885. The average Bonchev–Trinajstić information content (AvgIpc) is 3.43. The van der Waals surface area contributed by atoms with E-state index in [-0.39, 0.29) is 22.2 Å². The zero-order valence-electron chi connectivity index (χ0n) is 18.9. The number of allylic oxidation sites excluding steroid dienone is 1. The van der Waals surface area contributed by atoms with E-state index in [4.69, 9.17) is 10.6 Å². The van der Waals surface area contributed by atoms with E-state index in [0.717, 1.165) is 35.5 Å². The van der Waals surface area contributed by atoms with Crippen molar-refractivity contribution in [2.24, 2.45) is 5.16 Å². The van der Waals surface area contributed by atoms with Crippen molar-refractivity contribution in [1.29, 1.82) is 0 Å². The fourth-order valence-corrected chi connectivity index (χ4v) is 6.27. The van der Waals surface area contributed by atoms with Crippen LogP contribution in [0.1, 0.15) is 18.5 Å². The van der Waals surface area contributed by atoms with Gasteiger partial charge in [-0.1, -0.05) is 11.2 Å². The molecule has 4 heterocycles. The maximum absolute atomic E-state index is 12.9. The number of carboxylic acids is 1. The third-order valence-electron chi connectivity index (χ3n) is 6.16. The molecule has 2 amide bonds. The number of aliphatic carboxylic acids is 1. The smallest absolute Gasteiger partial charge is 0.352 e. The minimum absolute atomic E-state index is 0.0300. The number of thioether (sulfide) groups is 1. The van der Waals surface area contributed by atoms with Crippen molar-refractivity contribution in [3.63, 3.8) is 0 Å². The van der Waals surface area contributed by atoms with Crippen LogP contribution < -0.4 is 11.1 Å². The number of nitrogens with zero attached hydrogens (tertiary/aromatic N) is 4. The highest BCUT2D eigenvalue weighted by molar-refractivity contribution is 8.00. The second-order valence-corrected chi connectivity index (χ2v) is 10.6. The van der Waals surface area contributed by atoms with Crippen molar-refractivity contribution in [2.75, 3.05) is 45.3 Å². The molecule has 0 aromatic carbocycles. The Bertz CT molecular complexity index is 1090. The number of fused-ring (bicyclic) bond motifs is 1. The van der Waals surface area contributed by atoms with E-state index in [9.17, 15) is 19.5 Å². The number of carbonyl (C=O) groups excluding carboxylic acids is 2. The maximum atomic E-state index is 12.9. The van der Waals surface area contributed by atoms with Gasteiger partial charge in [-0.2, -0.15) is 0 Å². The number of carbonyl (C=O) groups is 3. The number of hydrogen-bond acceptors (Lipinski definition) is 9. The topological polar surface area (TPSA) is 147 Å². The summed E-state index contributed by atoms with van der Waals surface area (Å²) in [4.78, 5) is 47.8. The van der Waals surface area contributed by atoms with Crippen LogP contribution in [0.4, 0.5) is 5.13 Å². The lowest BCUT2D eigenvalue weighted by Crippen LogP contribution is -2.71. The summed E-state index contributed by atoms with van der Waals surface area (Å²) in [6.07, 6.45) is 6.23. The lowest BCUT2D eigenvalue weighted by molar-refractivity contribution is -0.891. The highest BCUT2D eigenvalue weighted by atomic mass is 32.2. The first-order valence-corrected chi connectivity index (χ1v) is 12.7. The number of amides is 2. The van der Waals surface area contributed by atoms with E-state index >= 15 is 0 Å². The van der Waals surface area contributed by atoms with Gasteiger partial charge in [0.25, 0.3) is 11.8 Å². The number of nitrogens with one attached hydrogen (secondary N) is 1. The Labute approximate surface area is 204 Å². The molecule has 2 saturated heterocycles. The highest BCUT2D eigenvalue weighted by Gasteiger charge is 2.54. The van der Waals surface area contributed by atoms with Crippen molar-refractivity contribution in [2.45, 2.75) is 24.3 Å². The third kappa shape index (κ3) is 4.68. The molecule has 0 spiro atoms. The van der Waals surface area contributed by atoms with Gasteiger partial charge in [0, 0.05) is 24.0 Å². The van der Waals surface area contributed by atoms with E-state index in [0.29, 0.717) is 11.3 Å². The molecule has 2 atom stereocenters. The second-order valence-electron chi connectivity index (χ2n) is 8.59. The van der Waals surface area contributed by atoms with E-state index in [1.807, 2.05) is 12.2 Å². The van der Waals surface area contributed by atoms with Crippen LogP contribution in [0.15, 0.2) is 34.0 Å². The van der Waals surface area contributed by atoms with Crippen molar-refractivity contribution < 1.29 is 28.8 Å². The molecule has 34 heavy (non-hydrogen) atoms. The molecule has 11 nitrogen and oxygen atoms in total. The maximum Gasteiger partial charge on any atom is 0.352 e. The minimum atomic E-state index is -1.16. The highest BCUT2D eigenvalue weighted by Crippen LogP contribution is 2.40. The van der Waals surface area contributed by atoms with Crippen molar-refractivity contribution >= 4 is 51.7 Å². The standard InChI is InChI=1S/C21H26N6O5S2/c1-27(7-3-4-8-27)9-5-6-12-10-33-19-15(18(29)26(19)16(12)20(30)31)24-17(28)14(25-32-2)13-11-34-21(22)23-13/h5-6,11,15,19H,3-4,7-10H2,1-2H3,(H3-,22,23,24,28,30,31)/p+1/b6-5+,25-14+/t15?,19-/m1/s1. The van der Waals surface area contributed by atoms with Gasteiger partial charge in [-0.3, -0.25) is 14.5 Å². The van der Waals surface area contributed by atoms with Gasteiger partial charge in [0.1, 0.15) is 29.9 Å². The number of quaternary nitrogens is 1. The quantitative estimate of drug-likeness (QED) is 0.201. The number of rotatable bonds is 8. The van der Waals surface area contributed by atoms with Gasteiger partial charge < -0.3 is 25.5 Å². The Balaban J connectivity index is 1.48. The molecule has 2 fully saturated rings. The Hall–Kier alpha value is -2.90. The normalized spacial score (nSPS) is 24.2. The fourth-order valence-electron chi connectivity index (χ4n) is 4.40. The molecule has 1 unspecified atom stereocenters. The van der Waals surface area contributed by atoms with Gasteiger partial charge in [-0.05, 0) is 11.6 Å². The van der Waals surface area contributed by atoms with Crippen LogP contribution in [0.2, 0.25) is 0 Å². The van der Waals surface area contributed by atoms with Crippen LogP contribution in [-0.2, 0) is 19.2 Å². The first-order chi connectivity index (χ1) is 16.2. The molecule has 0 radical (unpaired) electrons. The predicted octanol–water partition coefficient (Wildman–Crippen LogP) is 0.611. The molecule has 3 aliphatic heterocycles. The zero-order chi connectivity index (χ0) is 24.5. The lowest BCUT2D eigenvalue weighted by atomic mass is 10.0. The number of carboxylic acid groups (broad SMARTS) is 1. The summed E-state index contributed by atoms with van der Waals surface area (Å²) >= 11 is 2.55. The summed E-state index contributed by atoms with van der Waals surface area (Å²) in [5.41, 5.74) is 6.33. The van der Waals surface area contributed by atoms with Gasteiger partial charge in [-0.25, -0.2) is 9.78 Å². The van der Waals surface area contributed by atoms with E-state index in [1.165, 1.54) is 36.6 Å². The number of aromatic nitrogens is 1. The Morgan fingerprint density at radius 1 is 1.44 bits per heavy atom. The van der Waals surface area contributed by atoms with Crippen molar-refractivity contribution in [1.82, 2.24) is 15.2 Å². The van der Waals surface area contributed by atoms with Crippen LogP contribution in [-0.4, -0.2) is 93.9 Å². The fraction of sp³-hybridized carbons (Fsp3) is 0.476. The van der Waals surface area contributed by atoms with Crippen molar-refractivity contribution in [3.8, 4) is 0 Å². The monoisotopic (exact) mass is 507 g/mol. The number of nitrogens with two attached hydrogens (primary N) is 1. The largest absolute Gasteiger partial charge is 0.477 e. The second kappa shape index (κ2) is 9.76. The molecule has 1 aromatic heterocycles. The number of hydrogen-bond donors (Lipinski definition) is 3. The number of thiazole rings is 1.